The first-order valence-electron chi connectivity index (χ1n) is 4.54. The van der Waals surface area contributed by atoms with Crippen molar-refractivity contribution in [3.63, 3.8) is 0 Å². The molecular formula is C10H16N2O. The zero-order valence-corrected chi connectivity index (χ0v) is 8.16. The number of hydrogen-bond acceptors (Lipinski definition) is 3. The molecule has 0 aromatic carbocycles. The lowest BCUT2D eigenvalue weighted by atomic mass is 10.1. The molecule has 1 rings (SSSR count). The molecule has 0 spiro atoms. The maximum absolute atomic E-state index is 5.94. The summed E-state index contributed by atoms with van der Waals surface area (Å²) in [5.74, 6) is 0.781. The van der Waals surface area contributed by atoms with E-state index in [1.165, 1.54) is 0 Å². The third-order valence-electron chi connectivity index (χ3n) is 1.97. The Morgan fingerprint density at radius 1 is 1.62 bits per heavy atom. The fraction of sp³-hybridized carbons (Fsp3) is 0.500. The van der Waals surface area contributed by atoms with Gasteiger partial charge in [-0.1, -0.05) is 13.3 Å². The number of nitrogens with two attached hydrogens (primary N) is 1. The first-order valence-corrected chi connectivity index (χ1v) is 4.54. The van der Waals surface area contributed by atoms with Crippen molar-refractivity contribution < 1.29 is 4.74 Å². The summed E-state index contributed by atoms with van der Waals surface area (Å²) in [6.45, 7) is 2.11. The summed E-state index contributed by atoms with van der Waals surface area (Å²) < 4.78 is 5.17. The third-order valence-corrected chi connectivity index (χ3v) is 1.97. The van der Waals surface area contributed by atoms with Crippen LogP contribution in [0.15, 0.2) is 18.3 Å². The minimum Gasteiger partial charge on any atom is -0.495 e. The Morgan fingerprint density at radius 3 is 3.00 bits per heavy atom. The second kappa shape index (κ2) is 4.82. The van der Waals surface area contributed by atoms with Crippen molar-refractivity contribution in [3.05, 3.63) is 24.0 Å². The van der Waals surface area contributed by atoms with Crippen LogP contribution in [0.25, 0.3) is 0 Å². The van der Waals surface area contributed by atoms with E-state index in [2.05, 4.69) is 11.9 Å². The molecule has 3 heteroatoms. The van der Waals surface area contributed by atoms with E-state index in [-0.39, 0.29) is 6.04 Å². The molecule has 0 saturated heterocycles. The van der Waals surface area contributed by atoms with Crippen molar-refractivity contribution in [2.75, 3.05) is 7.11 Å². The van der Waals surface area contributed by atoms with Gasteiger partial charge in [-0.25, -0.2) is 0 Å². The van der Waals surface area contributed by atoms with Gasteiger partial charge in [0, 0.05) is 6.20 Å². The molecule has 0 fully saturated rings. The fourth-order valence-electron chi connectivity index (χ4n) is 1.30. The topological polar surface area (TPSA) is 48.1 Å². The summed E-state index contributed by atoms with van der Waals surface area (Å²) in [7, 11) is 1.64. The predicted molar refractivity (Wildman–Crippen MR) is 52.6 cm³/mol. The number of rotatable bonds is 4. The van der Waals surface area contributed by atoms with Crippen molar-refractivity contribution in [1.29, 1.82) is 0 Å². The minimum absolute atomic E-state index is 0.0128. The lowest BCUT2D eigenvalue weighted by Gasteiger charge is -2.12. The van der Waals surface area contributed by atoms with Crippen LogP contribution in [0.5, 0.6) is 5.75 Å². The number of aromatic nitrogens is 1. The molecule has 0 bridgehead atoms. The highest BCUT2D eigenvalue weighted by Gasteiger charge is 2.11. The summed E-state index contributed by atoms with van der Waals surface area (Å²) >= 11 is 0. The van der Waals surface area contributed by atoms with Crippen LogP contribution < -0.4 is 10.5 Å². The van der Waals surface area contributed by atoms with E-state index in [1.54, 1.807) is 13.3 Å². The predicted octanol–water partition coefficient (Wildman–Crippen LogP) is 1.89. The van der Waals surface area contributed by atoms with Crippen molar-refractivity contribution >= 4 is 0 Å². The van der Waals surface area contributed by atoms with Crippen LogP contribution in [0, 0.1) is 0 Å². The highest BCUT2D eigenvalue weighted by molar-refractivity contribution is 5.29. The van der Waals surface area contributed by atoms with E-state index in [9.17, 15) is 0 Å². The Labute approximate surface area is 78.9 Å². The molecule has 0 aliphatic carbocycles. The highest BCUT2D eigenvalue weighted by Crippen LogP contribution is 2.23. The fourth-order valence-corrected chi connectivity index (χ4v) is 1.30. The minimum atomic E-state index is -0.0128. The number of hydrogen-bond donors (Lipinski definition) is 1. The Morgan fingerprint density at radius 2 is 2.38 bits per heavy atom. The van der Waals surface area contributed by atoms with Gasteiger partial charge in [-0.2, -0.15) is 0 Å². The molecule has 1 atom stereocenters. The molecule has 0 aliphatic heterocycles. The maximum atomic E-state index is 5.94. The molecule has 1 heterocycles. The quantitative estimate of drug-likeness (QED) is 0.769. The normalized spacial score (nSPS) is 12.5. The summed E-state index contributed by atoms with van der Waals surface area (Å²) in [5.41, 5.74) is 6.79. The molecule has 0 unspecified atom stereocenters. The second-order valence-electron chi connectivity index (χ2n) is 2.99. The van der Waals surface area contributed by atoms with Gasteiger partial charge in [0.25, 0.3) is 0 Å². The van der Waals surface area contributed by atoms with Gasteiger partial charge in [0.2, 0.25) is 0 Å². The standard InChI is InChI=1S/C10H16N2O/c1-3-5-8(11)10-9(13-2)6-4-7-12-10/h4,6-8H,3,5,11H2,1-2H3/t8-/m1/s1. The monoisotopic (exact) mass is 180 g/mol. The highest BCUT2D eigenvalue weighted by atomic mass is 16.5. The lowest BCUT2D eigenvalue weighted by molar-refractivity contribution is 0.400. The SMILES string of the molecule is CCC[C@@H](N)c1ncccc1OC. The van der Waals surface area contributed by atoms with Crippen LogP contribution in [0.4, 0.5) is 0 Å². The summed E-state index contributed by atoms with van der Waals surface area (Å²) in [6.07, 6.45) is 3.74. The van der Waals surface area contributed by atoms with E-state index in [4.69, 9.17) is 10.5 Å². The van der Waals surface area contributed by atoms with Gasteiger partial charge in [0.15, 0.2) is 0 Å². The van der Waals surface area contributed by atoms with Gasteiger partial charge in [0.05, 0.1) is 18.8 Å². The average molecular weight is 180 g/mol. The first-order chi connectivity index (χ1) is 6.29. The Balaban J connectivity index is 2.85. The molecule has 3 nitrogen and oxygen atoms in total. The molecule has 0 saturated carbocycles. The van der Waals surface area contributed by atoms with Crippen LogP contribution in [0.1, 0.15) is 31.5 Å². The Kier molecular flexibility index (Phi) is 3.71. The van der Waals surface area contributed by atoms with Crippen LogP contribution in [0.2, 0.25) is 0 Å². The molecule has 0 aliphatic rings. The van der Waals surface area contributed by atoms with Crippen LogP contribution in [0.3, 0.4) is 0 Å². The Bertz CT molecular complexity index is 263. The van der Waals surface area contributed by atoms with Crippen molar-refractivity contribution in [1.82, 2.24) is 4.98 Å². The van der Waals surface area contributed by atoms with Gasteiger partial charge in [-0.05, 0) is 18.6 Å². The van der Waals surface area contributed by atoms with Crippen LogP contribution in [-0.2, 0) is 0 Å². The average Bonchev–Trinajstić information content (AvgIpc) is 2.18. The molecule has 2 N–H and O–H groups in total. The molecule has 1 aromatic rings. The summed E-state index contributed by atoms with van der Waals surface area (Å²) in [5, 5.41) is 0. The zero-order valence-electron chi connectivity index (χ0n) is 8.16. The Hall–Kier alpha value is -1.09. The lowest BCUT2D eigenvalue weighted by Crippen LogP contribution is -2.12. The van der Waals surface area contributed by atoms with E-state index < -0.39 is 0 Å². The van der Waals surface area contributed by atoms with E-state index >= 15 is 0 Å². The van der Waals surface area contributed by atoms with Crippen molar-refractivity contribution in [2.45, 2.75) is 25.8 Å². The number of nitrogens with zero attached hydrogens (tertiary/aromatic N) is 1. The van der Waals surface area contributed by atoms with Gasteiger partial charge < -0.3 is 10.5 Å². The summed E-state index contributed by atoms with van der Waals surface area (Å²) in [6, 6.07) is 3.72. The molecule has 0 radical (unpaired) electrons. The molecule has 1 aromatic heterocycles. The third kappa shape index (κ3) is 2.42. The first kappa shape index (κ1) is 9.99. The molecule has 72 valence electrons. The van der Waals surface area contributed by atoms with E-state index in [0.29, 0.717) is 0 Å². The van der Waals surface area contributed by atoms with E-state index in [1.807, 2.05) is 12.1 Å². The van der Waals surface area contributed by atoms with Crippen LogP contribution in [-0.4, -0.2) is 12.1 Å². The van der Waals surface area contributed by atoms with Crippen LogP contribution >= 0.6 is 0 Å². The van der Waals surface area contributed by atoms with Gasteiger partial charge in [-0.3, -0.25) is 4.98 Å². The number of ether oxygens (including phenoxy) is 1. The van der Waals surface area contributed by atoms with E-state index in [0.717, 1.165) is 24.3 Å². The van der Waals surface area contributed by atoms with Gasteiger partial charge in [0.1, 0.15) is 5.75 Å². The smallest absolute Gasteiger partial charge is 0.141 e. The zero-order chi connectivity index (χ0) is 9.68. The number of pyridine rings is 1. The largest absolute Gasteiger partial charge is 0.495 e. The van der Waals surface area contributed by atoms with Gasteiger partial charge in [-0.15, -0.1) is 0 Å². The maximum Gasteiger partial charge on any atom is 0.141 e. The number of methoxy groups -OCH3 is 1. The van der Waals surface area contributed by atoms with Crippen molar-refractivity contribution in [2.24, 2.45) is 5.73 Å². The second-order valence-corrected chi connectivity index (χ2v) is 2.99. The van der Waals surface area contributed by atoms with Crippen molar-refractivity contribution in [3.8, 4) is 5.75 Å². The summed E-state index contributed by atoms with van der Waals surface area (Å²) in [4.78, 5) is 4.22. The molecular weight excluding hydrogens is 164 g/mol. The molecule has 13 heavy (non-hydrogen) atoms. The molecule has 0 amide bonds. The van der Waals surface area contributed by atoms with Gasteiger partial charge >= 0.3 is 0 Å².